The lowest BCUT2D eigenvalue weighted by Crippen LogP contribution is -2.28. The van der Waals surface area contributed by atoms with E-state index < -0.39 is 0 Å². The van der Waals surface area contributed by atoms with Crippen LogP contribution in [0.1, 0.15) is 12.0 Å². The van der Waals surface area contributed by atoms with Gasteiger partial charge in [-0.2, -0.15) is 0 Å². The van der Waals surface area contributed by atoms with E-state index in [2.05, 4.69) is 10.3 Å². The van der Waals surface area contributed by atoms with E-state index in [0.29, 0.717) is 19.7 Å². The van der Waals surface area contributed by atoms with Crippen LogP contribution in [0.3, 0.4) is 0 Å². The van der Waals surface area contributed by atoms with E-state index in [1.54, 1.807) is 22.9 Å². The molecule has 0 spiro atoms. The fourth-order valence-corrected chi connectivity index (χ4v) is 3.22. The van der Waals surface area contributed by atoms with Crippen molar-refractivity contribution in [1.29, 1.82) is 0 Å². The van der Waals surface area contributed by atoms with E-state index in [1.165, 1.54) is 0 Å². The number of cyclic esters (lactones) is 1. The van der Waals surface area contributed by atoms with Crippen LogP contribution in [0.25, 0.3) is 0 Å². The summed E-state index contributed by atoms with van der Waals surface area (Å²) < 4.78 is 4.84. The Hall–Kier alpha value is -2.54. The number of hydrogen-bond donors (Lipinski definition) is 1. The van der Waals surface area contributed by atoms with Crippen LogP contribution in [-0.4, -0.2) is 41.6 Å². The number of ether oxygens (including phenoxy) is 1. The highest BCUT2D eigenvalue weighted by atomic mass is 32.2. The van der Waals surface area contributed by atoms with Gasteiger partial charge in [0.05, 0.1) is 11.6 Å². The van der Waals surface area contributed by atoms with Gasteiger partial charge in [-0.1, -0.05) is 18.2 Å². The molecule has 1 aliphatic heterocycles. The molecule has 2 heterocycles. The third-order valence-corrected chi connectivity index (χ3v) is 4.70. The normalized spacial score (nSPS) is 13.6. The molecule has 0 bridgehead atoms. The minimum absolute atomic E-state index is 0.116. The average molecular weight is 357 g/mol. The second-order valence-electron chi connectivity index (χ2n) is 5.56. The van der Waals surface area contributed by atoms with Crippen molar-refractivity contribution < 1.29 is 14.3 Å². The Kier molecular flexibility index (Phi) is 5.90. The average Bonchev–Trinajstić information content (AvgIpc) is 3.04. The third-order valence-electron chi connectivity index (χ3n) is 3.69. The molecule has 0 radical (unpaired) electrons. The smallest absolute Gasteiger partial charge is 0.409 e. The van der Waals surface area contributed by atoms with Crippen molar-refractivity contribution in [1.82, 2.24) is 9.88 Å². The zero-order valence-electron chi connectivity index (χ0n) is 13.7. The number of nitrogens with zero attached hydrogens (tertiary/aromatic N) is 2. The van der Waals surface area contributed by atoms with Crippen LogP contribution >= 0.6 is 11.8 Å². The second kappa shape index (κ2) is 8.53. The zero-order valence-corrected chi connectivity index (χ0v) is 14.5. The third kappa shape index (κ3) is 5.22. The summed E-state index contributed by atoms with van der Waals surface area (Å²) in [6.07, 6.45) is 1.68. The summed E-state index contributed by atoms with van der Waals surface area (Å²) >= 11 is 1.65. The van der Waals surface area contributed by atoms with E-state index in [-0.39, 0.29) is 18.4 Å². The van der Waals surface area contributed by atoms with Crippen molar-refractivity contribution in [3.63, 3.8) is 0 Å². The zero-order chi connectivity index (χ0) is 17.5. The van der Waals surface area contributed by atoms with Gasteiger partial charge < -0.3 is 15.0 Å². The molecular formula is C18H19N3O3S. The number of thioether (sulfide) groups is 1. The Morgan fingerprint density at radius 3 is 2.96 bits per heavy atom. The van der Waals surface area contributed by atoms with Gasteiger partial charge >= 0.3 is 6.09 Å². The minimum Gasteiger partial charge on any atom is -0.448 e. The molecule has 1 N–H and O–H groups in total. The fourth-order valence-electron chi connectivity index (χ4n) is 2.42. The van der Waals surface area contributed by atoms with Gasteiger partial charge in [-0.15, -0.1) is 11.8 Å². The lowest BCUT2D eigenvalue weighted by atomic mass is 10.2. The Balaban J connectivity index is 1.49. The van der Waals surface area contributed by atoms with Crippen molar-refractivity contribution in [3.8, 4) is 0 Å². The van der Waals surface area contributed by atoms with Crippen LogP contribution in [0.2, 0.25) is 0 Å². The Labute approximate surface area is 150 Å². The molecule has 1 aromatic carbocycles. The van der Waals surface area contributed by atoms with Gasteiger partial charge in [-0.3, -0.25) is 4.79 Å². The number of aromatic nitrogens is 1. The molecule has 0 unspecified atom stereocenters. The van der Waals surface area contributed by atoms with E-state index >= 15 is 0 Å². The summed E-state index contributed by atoms with van der Waals surface area (Å²) in [4.78, 5) is 29.2. The van der Waals surface area contributed by atoms with Crippen LogP contribution in [0.15, 0.2) is 53.7 Å². The maximum atomic E-state index is 12.1. The molecule has 7 heteroatoms. The molecule has 6 nitrogen and oxygen atoms in total. The van der Waals surface area contributed by atoms with E-state index in [1.807, 2.05) is 42.5 Å². The Morgan fingerprint density at radius 2 is 2.20 bits per heavy atom. The first-order chi connectivity index (χ1) is 12.2. The lowest BCUT2D eigenvalue weighted by Gasteiger charge is -2.12. The number of nitrogens with one attached hydrogen (secondary N) is 1. The first-order valence-corrected chi connectivity index (χ1v) is 9.03. The number of carbonyl (C=O) groups is 2. The number of benzene rings is 1. The Bertz CT molecular complexity index is 739. The monoisotopic (exact) mass is 357 g/mol. The molecule has 0 saturated carbocycles. The van der Waals surface area contributed by atoms with Crippen LogP contribution in [0.5, 0.6) is 0 Å². The molecule has 130 valence electrons. The summed E-state index contributed by atoms with van der Waals surface area (Å²) in [6.45, 7) is 1.32. The second-order valence-corrected chi connectivity index (χ2v) is 6.55. The summed E-state index contributed by atoms with van der Waals surface area (Å²) in [5.41, 5.74) is 1.87. The number of anilines is 1. The first kappa shape index (κ1) is 17.3. The predicted octanol–water partition coefficient (Wildman–Crippen LogP) is 3.15. The summed E-state index contributed by atoms with van der Waals surface area (Å²) in [5.74, 6) is 0.662. The summed E-state index contributed by atoms with van der Waals surface area (Å²) in [6, 6.07) is 13.6. The molecule has 3 rings (SSSR count). The largest absolute Gasteiger partial charge is 0.448 e. The SMILES string of the molecule is O=C(CCN1CCOC1=O)Nc1cccc(CSc2ccccn2)c1. The molecule has 0 atom stereocenters. The number of rotatable bonds is 7. The number of hydrogen-bond acceptors (Lipinski definition) is 5. The molecule has 1 fully saturated rings. The highest BCUT2D eigenvalue weighted by Crippen LogP contribution is 2.22. The highest BCUT2D eigenvalue weighted by Gasteiger charge is 2.22. The molecule has 25 heavy (non-hydrogen) atoms. The van der Waals surface area contributed by atoms with Gasteiger partial charge in [0.1, 0.15) is 6.61 Å². The maximum Gasteiger partial charge on any atom is 0.409 e. The van der Waals surface area contributed by atoms with Gasteiger partial charge in [-0.25, -0.2) is 9.78 Å². The van der Waals surface area contributed by atoms with Crippen molar-refractivity contribution in [3.05, 3.63) is 54.2 Å². The number of amides is 2. The standard InChI is InChI=1S/C18H19N3O3S/c22-16(7-9-21-10-11-24-18(21)23)20-15-5-3-4-14(12-15)13-25-17-6-1-2-8-19-17/h1-6,8,12H,7,9-11,13H2,(H,20,22). The van der Waals surface area contributed by atoms with Crippen LogP contribution in [0, 0.1) is 0 Å². The van der Waals surface area contributed by atoms with E-state index in [4.69, 9.17) is 4.74 Å². The minimum atomic E-state index is -0.346. The molecular weight excluding hydrogens is 338 g/mol. The molecule has 1 aromatic heterocycles. The Morgan fingerprint density at radius 1 is 1.28 bits per heavy atom. The predicted molar refractivity (Wildman–Crippen MR) is 96.4 cm³/mol. The van der Waals surface area contributed by atoms with Crippen LogP contribution < -0.4 is 5.32 Å². The topological polar surface area (TPSA) is 71.5 Å². The van der Waals surface area contributed by atoms with Crippen molar-refractivity contribution in [2.45, 2.75) is 17.2 Å². The highest BCUT2D eigenvalue weighted by molar-refractivity contribution is 7.98. The molecule has 2 aromatic rings. The number of pyridine rings is 1. The lowest BCUT2D eigenvalue weighted by molar-refractivity contribution is -0.116. The van der Waals surface area contributed by atoms with E-state index in [9.17, 15) is 9.59 Å². The van der Waals surface area contributed by atoms with Gasteiger partial charge in [0.25, 0.3) is 0 Å². The van der Waals surface area contributed by atoms with Gasteiger partial charge in [0.15, 0.2) is 0 Å². The summed E-state index contributed by atoms with van der Waals surface area (Å²) in [5, 5.41) is 3.84. The molecule has 1 aliphatic rings. The van der Waals surface area contributed by atoms with Crippen LogP contribution in [-0.2, 0) is 15.3 Å². The number of carbonyl (C=O) groups excluding carboxylic acids is 2. The van der Waals surface area contributed by atoms with Crippen molar-refractivity contribution in [2.75, 3.05) is 25.0 Å². The van der Waals surface area contributed by atoms with Crippen LogP contribution in [0.4, 0.5) is 10.5 Å². The van der Waals surface area contributed by atoms with Crippen molar-refractivity contribution in [2.24, 2.45) is 0 Å². The van der Waals surface area contributed by atoms with Gasteiger partial charge in [-0.05, 0) is 29.8 Å². The molecule has 2 amide bonds. The van der Waals surface area contributed by atoms with Crippen molar-refractivity contribution >= 4 is 29.4 Å². The van der Waals surface area contributed by atoms with Gasteiger partial charge in [0, 0.05) is 30.6 Å². The maximum absolute atomic E-state index is 12.1. The quantitative estimate of drug-likeness (QED) is 0.771. The van der Waals surface area contributed by atoms with E-state index in [0.717, 1.165) is 22.0 Å². The fraction of sp³-hybridized carbons (Fsp3) is 0.278. The summed E-state index contributed by atoms with van der Waals surface area (Å²) in [7, 11) is 0. The first-order valence-electron chi connectivity index (χ1n) is 8.05. The molecule has 0 aliphatic carbocycles. The van der Waals surface area contributed by atoms with Gasteiger partial charge in [0.2, 0.25) is 5.91 Å². The molecule has 1 saturated heterocycles.